The van der Waals surface area contributed by atoms with Crippen molar-refractivity contribution in [3.8, 4) is 11.5 Å². The molecule has 4 heteroatoms. The van der Waals surface area contributed by atoms with Crippen LogP contribution in [0, 0.1) is 5.92 Å². The molecule has 4 aliphatic rings. The molecule has 5 rings (SSSR count). The molecule has 1 saturated heterocycles. The van der Waals surface area contributed by atoms with Gasteiger partial charge >= 0.3 is 0 Å². The van der Waals surface area contributed by atoms with E-state index in [9.17, 15) is 0 Å². The topological polar surface area (TPSA) is 30.9 Å². The maximum atomic E-state index is 6.62. The monoisotopic (exact) mass is 329 g/mol. The first-order chi connectivity index (χ1) is 11.7. The third-order valence-electron chi connectivity index (χ3n) is 7.25. The molecule has 5 atom stereocenters. The maximum Gasteiger partial charge on any atom is 0.165 e. The number of likely N-dealkylation sites (N-methyl/N-ethyl adjacent to an activating group) is 1. The van der Waals surface area contributed by atoms with E-state index in [-0.39, 0.29) is 17.6 Å². The first-order valence-corrected chi connectivity index (χ1v) is 9.28. The molecule has 2 aliphatic heterocycles. The molecule has 2 fully saturated rings. The zero-order valence-corrected chi connectivity index (χ0v) is 14.9. The van der Waals surface area contributed by atoms with Gasteiger partial charge in [-0.2, -0.15) is 0 Å². The van der Waals surface area contributed by atoms with Crippen LogP contribution in [0.1, 0.15) is 36.8 Å². The van der Waals surface area contributed by atoms with Gasteiger partial charge in [-0.25, -0.2) is 0 Å². The third kappa shape index (κ3) is 1.76. The summed E-state index contributed by atoms with van der Waals surface area (Å²) in [5.74, 6) is 2.63. The lowest BCUT2D eigenvalue weighted by atomic mass is 9.69. The Morgan fingerprint density at radius 1 is 1.25 bits per heavy atom. The Balaban J connectivity index is 1.78. The summed E-state index contributed by atoms with van der Waals surface area (Å²) in [6.45, 7) is 1.15. The Bertz CT molecular complexity index is 675. The van der Waals surface area contributed by atoms with Gasteiger partial charge in [-0.3, -0.25) is 0 Å². The van der Waals surface area contributed by atoms with Crippen molar-refractivity contribution in [2.75, 3.05) is 27.8 Å². The van der Waals surface area contributed by atoms with E-state index in [1.807, 2.05) is 7.11 Å². The summed E-state index contributed by atoms with van der Waals surface area (Å²) in [7, 11) is 5.91. The van der Waals surface area contributed by atoms with Gasteiger partial charge in [0.15, 0.2) is 11.5 Å². The minimum Gasteiger partial charge on any atom is -0.493 e. The molecular formula is C20H27NO3. The fourth-order valence-electron chi connectivity index (χ4n) is 6.12. The van der Waals surface area contributed by atoms with Crippen molar-refractivity contribution < 1.29 is 14.2 Å². The number of methoxy groups -OCH3 is 2. The lowest BCUT2D eigenvalue weighted by Gasteiger charge is -2.37. The average Bonchev–Trinajstić information content (AvgIpc) is 2.71. The number of hydrogen-bond donors (Lipinski definition) is 0. The minimum atomic E-state index is 0.0978. The summed E-state index contributed by atoms with van der Waals surface area (Å²) in [5, 5.41) is 0. The normalized spacial score (nSPS) is 39.8. The molecule has 0 N–H and O–H groups in total. The van der Waals surface area contributed by atoms with Crippen LogP contribution in [-0.2, 0) is 16.6 Å². The molecule has 0 aromatic heterocycles. The fraction of sp³-hybridized carbons (Fsp3) is 0.700. The van der Waals surface area contributed by atoms with Crippen molar-refractivity contribution >= 4 is 0 Å². The summed E-state index contributed by atoms with van der Waals surface area (Å²) in [6.07, 6.45) is 6.20. The lowest BCUT2D eigenvalue weighted by molar-refractivity contribution is -0.0249. The van der Waals surface area contributed by atoms with Gasteiger partial charge in [0.05, 0.1) is 13.2 Å². The van der Waals surface area contributed by atoms with E-state index in [2.05, 4.69) is 24.1 Å². The molecule has 0 radical (unpaired) electrons. The van der Waals surface area contributed by atoms with Crippen LogP contribution >= 0.6 is 0 Å². The summed E-state index contributed by atoms with van der Waals surface area (Å²) in [5.41, 5.74) is 3.03. The molecule has 1 spiro atoms. The Labute approximate surface area is 144 Å². The van der Waals surface area contributed by atoms with E-state index >= 15 is 0 Å². The number of nitrogens with zero attached hydrogens (tertiary/aromatic N) is 1. The van der Waals surface area contributed by atoms with Gasteiger partial charge in [0.2, 0.25) is 0 Å². The van der Waals surface area contributed by atoms with Crippen molar-refractivity contribution in [1.29, 1.82) is 0 Å². The summed E-state index contributed by atoms with van der Waals surface area (Å²) in [4.78, 5) is 2.61. The Morgan fingerprint density at radius 3 is 2.92 bits per heavy atom. The number of ether oxygens (including phenoxy) is 3. The van der Waals surface area contributed by atoms with Gasteiger partial charge in [-0.05, 0) is 63.2 Å². The summed E-state index contributed by atoms with van der Waals surface area (Å²) < 4.78 is 18.2. The van der Waals surface area contributed by atoms with Gasteiger partial charge in [0, 0.05) is 24.1 Å². The highest BCUT2D eigenvalue weighted by Crippen LogP contribution is 2.60. The van der Waals surface area contributed by atoms with Gasteiger partial charge < -0.3 is 19.1 Å². The quantitative estimate of drug-likeness (QED) is 0.835. The average molecular weight is 329 g/mol. The smallest absolute Gasteiger partial charge is 0.165 e. The van der Waals surface area contributed by atoms with Gasteiger partial charge in [-0.15, -0.1) is 0 Å². The van der Waals surface area contributed by atoms with Crippen LogP contribution in [0.2, 0.25) is 0 Å². The first-order valence-electron chi connectivity index (χ1n) is 9.28. The largest absolute Gasteiger partial charge is 0.493 e. The van der Waals surface area contributed by atoms with Crippen LogP contribution in [0.5, 0.6) is 11.5 Å². The van der Waals surface area contributed by atoms with Crippen molar-refractivity contribution in [1.82, 2.24) is 4.90 Å². The highest BCUT2D eigenvalue weighted by molar-refractivity contribution is 5.59. The molecular weight excluding hydrogens is 302 g/mol. The van der Waals surface area contributed by atoms with Gasteiger partial charge in [0.25, 0.3) is 0 Å². The Morgan fingerprint density at radius 2 is 2.12 bits per heavy atom. The second-order valence-electron chi connectivity index (χ2n) is 8.14. The first kappa shape index (κ1) is 15.0. The van der Waals surface area contributed by atoms with Crippen molar-refractivity contribution in [2.24, 2.45) is 5.92 Å². The zero-order valence-electron chi connectivity index (χ0n) is 14.9. The number of rotatable bonds is 2. The molecule has 130 valence electrons. The SMILES string of the molecule is COc1ccc2c3c1OC1C(OC)CCC4CC31CCN(C)C4C2. The van der Waals surface area contributed by atoms with Crippen molar-refractivity contribution in [3.63, 3.8) is 0 Å². The van der Waals surface area contributed by atoms with Crippen LogP contribution in [0.25, 0.3) is 0 Å². The van der Waals surface area contributed by atoms with E-state index in [0.717, 1.165) is 43.2 Å². The lowest BCUT2D eigenvalue weighted by Crippen LogP contribution is -2.47. The molecule has 1 aromatic rings. The van der Waals surface area contributed by atoms with Crippen LogP contribution in [0.4, 0.5) is 0 Å². The summed E-state index contributed by atoms with van der Waals surface area (Å²) in [6, 6.07) is 5.03. The molecule has 4 nitrogen and oxygen atoms in total. The van der Waals surface area contributed by atoms with Gasteiger partial charge in [0.1, 0.15) is 6.10 Å². The Kier molecular flexibility index (Phi) is 3.21. The molecule has 2 heterocycles. The highest BCUT2D eigenvalue weighted by Gasteiger charge is 2.59. The van der Waals surface area contributed by atoms with Crippen LogP contribution in [0.3, 0.4) is 0 Å². The molecule has 3 bridgehead atoms. The molecule has 1 saturated carbocycles. The number of hydrogen-bond acceptors (Lipinski definition) is 4. The van der Waals surface area contributed by atoms with E-state index in [1.165, 1.54) is 24.0 Å². The number of likely N-dealkylation sites (tertiary alicyclic amines) is 1. The van der Waals surface area contributed by atoms with Crippen LogP contribution < -0.4 is 9.47 Å². The van der Waals surface area contributed by atoms with Crippen LogP contribution in [0.15, 0.2) is 12.1 Å². The second kappa shape index (κ2) is 5.12. The molecule has 0 amide bonds. The predicted molar refractivity (Wildman–Crippen MR) is 92.0 cm³/mol. The number of benzene rings is 1. The summed E-state index contributed by atoms with van der Waals surface area (Å²) >= 11 is 0. The standard InChI is InChI=1S/C20H27NO3/c1-21-9-8-20-11-13-5-7-16(23-3)19(20)24-18-15(22-2)6-4-12(17(18)20)10-14(13)21/h4,6,13-14,16,19H,5,7-11H2,1-3H3. The fourth-order valence-corrected chi connectivity index (χ4v) is 6.12. The van der Waals surface area contributed by atoms with E-state index in [1.54, 1.807) is 7.11 Å². The molecule has 24 heavy (non-hydrogen) atoms. The third-order valence-corrected chi connectivity index (χ3v) is 7.25. The maximum absolute atomic E-state index is 6.62. The molecule has 5 unspecified atom stereocenters. The van der Waals surface area contributed by atoms with E-state index < -0.39 is 0 Å². The molecule has 2 aliphatic carbocycles. The highest BCUT2D eigenvalue weighted by atomic mass is 16.6. The van der Waals surface area contributed by atoms with Crippen molar-refractivity contribution in [2.45, 2.75) is 55.8 Å². The second-order valence-corrected chi connectivity index (χ2v) is 8.14. The molecule has 1 aromatic carbocycles. The van der Waals surface area contributed by atoms with Crippen molar-refractivity contribution in [3.05, 3.63) is 23.3 Å². The van der Waals surface area contributed by atoms with Gasteiger partial charge in [-0.1, -0.05) is 6.07 Å². The van der Waals surface area contributed by atoms with E-state index in [0.29, 0.717) is 6.04 Å². The Hall–Kier alpha value is -1.26. The van der Waals surface area contributed by atoms with Crippen LogP contribution in [-0.4, -0.2) is 51.0 Å². The predicted octanol–water partition coefficient (Wildman–Crippen LogP) is 2.77. The van der Waals surface area contributed by atoms with E-state index in [4.69, 9.17) is 14.2 Å². The minimum absolute atomic E-state index is 0.0978. The zero-order chi connectivity index (χ0) is 16.5.